The third kappa shape index (κ3) is 5.70. The highest BCUT2D eigenvalue weighted by atomic mass is 35.5. The number of methoxy groups -OCH3 is 1. The van der Waals surface area contributed by atoms with Gasteiger partial charge >= 0.3 is 0 Å². The van der Waals surface area contributed by atoms with Gasteiger partial charge in [0.1, 0.15) is 5.75 Å². The number of nitrogens with zero attached hydrogens (tertiary/aromatic N) is 2. The van der Waals surface area contributed by atoms with Gasteiger partial charge in [-0.15, -0.1) is 0 Å². The van der Waals surface area contributed by atoms with Crippen LogP contribution >= 0.6 is 11.6 Å². The highest BCUT2D eigenvalue weighted by Gasteiger charge is 2.21. The maximum atomic E-state index is 12.3. The summed E-state index contributed by atoms with van der Waals surface area (Å²) >= 11 is 5.92. The summed E-state index contributed by atoms with van der Waals surface area (Å²) in [6, 6.07) is 8.21. The molecule has 1 N–H and O–H groups in total. The maximum absolute atomic E-state index is 12.3. The second kappa shape index (κ2) is 8.28. The Kier molecular flexibility index (Phi) is 6.35. The number of halogens is 1. The molecule has 9 heteroatoms. The van der Waals surface area contributed by atoms with Crippen molar-refractivity contribution in [3.8, 4) is 5.75 Å². The van der Waals surface area contributed by atoms with Crippen LogP contribution in [0.1, 0.15) is 5.56 Å². The maximum Gasteiger partial charge on any atom is 0.239 e. The Bertz CT molecular complexity index is 844. The molecule has 0 aliphatic heterocycles. The predicted octanol–water partition coefficient (Wildman–Crippen LogP) is 2.14. The Balaban J connectivity index is 2.14. The van der Waals surface area contributed by atoms with Crippen LogP contribution in [0.25, 0.3) is 0 Å². The van der Waals surface area contributed by atoms with E-state index in [-0.39, 0.29) is 13.1 Å². The van der Waals surface area contributed by atoms with Gasteiger partial charge in [0, 0.05) is 24.0 Å². The summed E-state index contributed by atoms with van der Waals surface area (Å²) in [4.78, 5) is 16.3. The second-order valence-corrected chi connectivity index (χ2v) is 7.70. The van der Waals surface area contributed by atoms with Gasteiger partial charge in [-0.25, -0.2) is 8.42 Å². The summed E-state index contributed by atoms with van der Waals surface area (Å²) in [5, 5.41) is 3.04. The van der Waals surface area contributed by atoms with Gasteiger partial charge < -0.3 is 10.1 Å². The Morgan fingerprint density at radius 2 is 2.12 bits per heavy atom. The number of sulfonamides is 1. The van der Waals surface area contributed by atoms with Crippen LogP contribution in [0.2, 0.25) is 5.02 Å². The fourth-order valence-electron chi connectivity index (χ4n) is 2.11. The van der Waals surface area contributed by atoms with E-state index >= 15 is 0 Å². The number of amides is 1. The van der Waals surface area contributed by atoms with Crippen LogP contribution in [-0.2, 0) is 21.4 Å². The molecule has 0 bridgehead atoms. The van der Waals surface area contributed by atoms with E-state index in [1.54, 1.807) is 36.7 Å². The second-order valence-electron chi connectivity index (χ2n) is 5.29. The molecule has 0 aliphatic carbocycles. The number of ether oxygens (including phenoxy) is 1. The molecule has 1 amide bonds. The highest BCUT2D eigenvalue weighted by Crippen LogP contribution is 2.27. The van der Waals surface area contributed by atoms with Crippen LogP contribution in [0.3, 0.4) is 0 Å². The van der Waals surface area contributed by atoms with Crippen molar-refractivity contribution in [1.29, 1.82) is 0 Å². The minimum Gasteiger partial charge on any atom is -0.495 e. The Morgan fingerprint density at radius 3 is 2.72 bits per heavy atom. The minimum atomic E-state index is -3.59. The molecule has 134 valence electrons. The molecule has 0 unspecified atom stereocenters. The van der Waals surface area contributed by atoms with Gasteiger partial charge in [0.2, 0.25) is 15.9 Å². The van der Waals surface area contributed by atoms with Crippen LogP contribution in [0.15, 0.2) is 42.7 Å². The van der Waals surface area contributed by atoms with E-state index in [9.17, 15) is 13.2 Å². The number of pyridine rings is 1. The topological polar surface area (TPSA) is 88.6 Å². The summed E-state index contributed by atoms with van der Waals surface area (Å²) in [5.74, 6) is -0.0780. The minimum absolute atomic E-state index is 0.0484. The number of anilines is 1. The largest absolute Gasteiger partial charge is 0.495 e. The van der Waals surface area contributed by atoms with Crippen molar-refractivity contribution in [1.82, 2.24) is 9.29 Å². The first-order chi connectivity index (χ1) is 11.8. The molecule has 0 saturated carbocycles. The van der Waals surface area contributed by atoms with Gasteiger partial charge in [-0.05, 0) is 29.8 Å². The monoisotopic (exact) mass is 383 g/mol. The van der Waals surface area contributed by atoms with Gasteiger partial charge in [0.15, 0.2) is 0 Å². The van der Waals surface area contributed by atoms with Crippen LogP contribution in [-0.4, -0.2) is 43.5 Å². The van der Waals surface area contributed by atoms with Gasteiger partial charge in [-0.2, -0.15) is 4.31 Å². The standard InChI is InChI=1S/C16H18ClN3O4S/c1-24-15-6-5-13(17)8-14(15)19-16(21)11-20(25(2,22)23)10-12-4-3-7-18-9-12/h3-9H,10-11H2,1-2H3,(H,19,21). The zero-order chi connectivity index (χ0) is 18.4. The lowest BCUT2D eigenvalue weighted by Gasteiger charge is -2.20. The molecule has 0 radical (unpaired) electrons. The fraction of sp³-hybridized carbons (Fsp3) is 0.250. The van der Waals surface area contributed by atoms with E-state index in [0.29, 0.717) is 22.0 Å². The van der Waals surface area contributed by atoms with Gasteiger partial charge in [-0.1, -0.05) is 17.7 Å². The molecule has 1 heterocycles. The van der Waals surface area contributed by atoms with E-state index in [1.165, 1.54) is 13.2 Å². The summed E-state index contributed by atoms with van der Waals surface area (Å²) in [6.07, 6.45) is 4.19. The summed E-state index contributed by atoms with van der Waals surface area (Å²) in [6.45, 7) is -0.295. The molecule has 1 aromatic carbocycles. The van der Waals surface area contributed by atoms with Crippen molar-refractivity contribution in [2.24, 2.45) is 0 Å². The molecule has 0 aliphatic rings. The number of carbonyl (C=O) groups excluding carboxylic acids is 1. The average molecular weight is 384 g/mol. The van der Waals surface area contributed by atoms with Gasteiger partial charge in [0.05, 0.1) is 25.6 Å². The molecule has 2 aromatic rings. The molecule has 7 nitrogen and oxygen atoms in total. The average Bonchev–Trinajstić information content (AvgIpc) is 2.54. The lowest BCUT2D eigenvalue weighted by atomic mass is 10.3. The SMILES string of the molecule is COc1ccc(Cl)cc1NC(=O)CN(Cc1cccnc1)S(C)(=O)=O. The Morgan fingerprint density at radius 1 is 1.36 bits per heavy atom. The van der Waals surface area contributed by atoms with E-state index in [1.807, 2.05) is 0 Å². The Hall–Kier alpha value is -2.16. The van der Waals surface area contributed by atoms with E-state index < -0.39 is 15.9 Å². The normalized spacial score (nSPS) is 11.4. The van der Waals surface area contributed by atoms with Gasteiger partial charge in [-0.3, -0.25) is 9.78 Å². The molecule has 0 spiro atoms. The summed E-state index contributed by atoms with van der Waals surface area (Å²) in [7, 11) is -2.12. The van der Waals surface area contributed by atoms with Crippen molar-refractivity contribution in [2.75, 3.05) is 25.2 Å². The number of aromatic nitrogens is 1. The first kappa shape index (κ1) is 19.2. The van der Waals surface area contributed by atoms with E-state index in [4.69, 9.17) is 16.3 Å². The molecule has 1 aromatic heterocycles. The molecule has 0 saturated heterocycles. The lowest BCUT2D eigenvalue weighted by molar-refractivity contribution is -0.116. The van der Waals surface area contributed by atoms with E-state index in [2.05, 4.69) is 10.3 Å². The first-order valence-corrected chi connectivity index (χ1v) is 9.49. The number of benzene rings is 1. The molecule has 0 fully saturated rings. The number of carbonyl (C=O) groups is 1. The summed E-state index contributed by atoms with van der Waals surface area (Å²) in [5.41, 5.74) is 1.05. The number of rotatable bonds is 7. The van der Waals surface area contributed by atoms with Crippen molar-refractivity contribution in [3.05, 3.63) is 53.3 Å². The molecular weight excluding hydrogens is 366 g/mol. The molecular formula is C16H18ClN3O4S. The molecule has 25 heavy (non-hydrogen) atoms. The fourth-order valence-corrected chi connectivity index (χ4v) is 3.02. The Labute approximate surface area is 151 Å². The number of nitrogens with one attached hydrogen (secondary N) is 1. The van der Waals surface area contributed by atoms with Crippen LogP contribution < -0.4 is 10.1 Å². The van der Waals surface area contributed by atoms with Crippen LogP contribution in [0, 0.1) is 0 Å². The lowest BCUT2D eigenvalue weighted by Crippen LogP contribution is -2.37. The third-order valence-corrected chi connectivity index (χ3v) is 4.74. The van der Waals surface area contributed by atoms with E-state index in [0.717, 1.165) is 10.6 Å². The van der Waals surface area contributed by atoms with Crippen molar-refractivity contribution in [3.63, 3.8) is 0 Å². The summed E-state index contributed by atoms with van der Waals surface area (Å²) < 4.78 is 30.2. The van der Waals surface area contributed by atoms with Crippen molar-refractivity contribution in [2.45, 2.75) is 6.54 Å². The third-order valence-electron chi connectivity index (χ3n) is 3.31. The predicted molar refractivity (Wildman–Crippen MR) is 96.1 cm³/mol. The zero-order valence-electron chi connectivity index (χ0n) is 13.8. The van der Waals surface area contributed by atoms with Crippen molar-refractivity contribution < 1.29 is 17.9 Å². The highest BCUT2D eigenvalue weighted by molar-refractivity contribution is 7.88. The number of hydrogen-bond acceptors (Lipinski definition) is 5. The smallest absolute Gasteiger partial charge is 0.239 e. The number of hydrogen-bond donors (Lipinski definition) is 1. The van der Waals surface area contributed by atoms with Crippen LogP contribution in [0.5, 0.6) is 5.75 Å². The molecule has 0 atom stereocenters. The molecule has 2 rings (SSSR count). The quantitative estimate of drug-likeness (QED) is 0.791. The van der Waals surface area contributed by atoms with Crippen LogP contribution in [0.4, 0.5) is 5.69 Å². The van der Waals surface area contributed by atoms with Gasteiger partial charge in [0.25, 0.3) is 0 Å². The van der Waals surface area contributed by atoms with Crippen molar-refractivity contribution >= 4 is 33.2 Å². The zero-order valence-corrected chi connectivity index (χ0v) is 15.3. The first-order valence-electron chi connectivity index (χ1n) is 7.27.